The SMILES string of the molecule is COc1cc(F)c(C(=O)N2CCCC[C@H]2CN)cc1OC. The highest BCUT2D eigenvalue weighted by Crippen LogP contribution is 2.31. The lowest BCUT2D eigenvalue weighted by atomic mass is 10.0. The highest BCUT2D eigenvalue weighted by Gasteiger charge is 2.29. The molecule has 1 aromatic carbocycles. The number of ether oxygens (including phenoxy) is 2. The molecule has 2 rings (SSSR count). The molecule has 1 saturated heterocycles. The van der Waals surface area contributed by atoms with Crippen LogP contribution in [0.5, 0.6) is 11.5 Å². The first-order valence-corrected chi connectivity index (χ1v) is 7.05. The summed E-state index contributed by atoms with van der Waals surface area (Å²) in [6.45, 7) is 0.995. The molecule has 2 N–H and O–H groups in total. The molecule has 1 heterocycles. The Morgan fingerprint density at radius 3 is 2.62 bits per heavy atom. The summed E-state index contributed by atoms with van der Waals surface area (Å²) in [6.07, 6.45) is 2.81. The molecule has 21 heavy (non-hydrogen) atoms. The summed E-state index contributed by atoms with van der Waals surface area (Å²) in [7, 11) is 2.88. The Labute approximate surface area is 123 Å². The number of nitrogens with two attached hydrogens (primary N) is 1. The maximum Gasteiger partial charge on any atom is 0.257 e. The molecule has 1 fully saturated rings. The third-order valence-corrected chi connectivity index (χ3v) is 3.86. The van der Waals surface area contributed by atoms with E-state index < -0.39 is 5.82 Å². The van der Waals surface area contributed by atoms with E-state index in [1.165, 1.54) is 26.4 Å². The van der Waals surface area contributed by atoms with Crippen LogP contribution in [0.15, 0.2) is 12.1 Å². The Morgan fingerprint density at radius 1 is 1.33 bits per heavy atom. The van der Waals surface area contributed by atoms with E-state index in [-0.39, 0.29) is 23.3 Å². The summed E-state index contributed by atoms with van der Waals surface area (Å²) in [5.74, 6) is -0.355. The first-order chi connectivity index (χ1) is 10.1. The average Bonchev–Trinajstić information content (AvgIpc) is 2.53. The predicted octanol–water partition coefficient (Wildman–Crippen LogP) is 1.80. The number of likely N-dealkylation sites (tertiary alicyclic amines) is 1. The summed E-state index contributed by atoms with van der Waals surface area (Å²) in [4.78, 5) is 14.3. The van der Waals surface area contributed by atoms with Crippen LogP contribution in [-0.4, -0.2) is 44.2 Å². The van der Waals surface area contributed by atoms with Crippen molar-refractivity contribution < 1.29 is 18.7 Å². The van der Waals surface area contributed by atoms with Crippen LogP contribution in [0.3, 0.4) is 0 Å². The van der Waals surface area contributed by atoms with Gasteiger partial charge in [-0.25, -0.2) is 4.39 Å². The average molecular weight is 296 g/mol. The minimum absolute atomic E-state index is 0.00648. The van der Waals surface area contributed by atoms with Crippen LogP contribution in [0.2, 0.25) is 0 Å². The van der Waals surface area contributed by atoms with Gasteiger partial charge in [0.25, 0.3) is 5.91 Å². The summed E-state index contributed by atoms with van der Waals surface area (Å²) in [5.41, 5.74) is 5.71. The lowest BCUT2D eigenvalue weighted by Crippen LogP contribution is -2.47. The standard InChI is InChI=1S/C15H21FN2O3/c1-20-13-7-11(12(16)8-14(13)21-2)15(19)18-6-4-3-5-10(18)9-17/h7-8,10H,3-6,9,17H2,1-2H3/t10-/m0/s1. The maximum atomic E-state index is 14.2. The van der Waals surface area contributed by atoms with Gasteiger partial charge in [-0.05, 0) is 25.3 Å². The minimum atomic E-state index is -0.612. The highest BCUT2D eigenvalue weighted by atomic mass is 19.1. The number of nitrogens with zero attached hydrogens (tertiary/aromatic N) is 1. The van der Waals surface area contributed by atoms with Crippen LogP contribution in [0.4, 0.5) is 4.39 Å². The summed E-state index contributed by atoms with van der Waals surface area (Å²) >= 11 is 0. The Morgan fingerprint density at radius 2 is 2.00 bits per heavy atom. The fourth-order valence-electron chi connectivity index (χ4n) is 2.69. The van der Waals surface area contributed by atoms with Crippen molar-refractivity contribution in [2.24, 2.45) is 5.73 Å². The molecule has 0 spiro atoms. The van der Waals surface area contributed by atoms with Gasteiger partial charge in [0, 0.05) is 25.2 Å². The number of amides is 1. The number of methoxy groups -OCH3 is 2. The quantitative estimate of drug-likeness (QED) is 0.920. The van der Waals surface area contributed by atoms with Gasteiger partial charge in [-0.2, -0.15) is 0 Å². The maximum absolute atomic E-state index is 14.2. The van der Waals surface area contributed by atoms with Crippen molar-refractivity contribution in [1.82, 2.24) is 4.90 Å². The topological polar surface area (TPSA) is 64.8 Å². The number of benzene rings is 1. The van der Waals surface area contributed by atoms with E-state index in [4.69, 9.17) is 15.2 Å². The minimum Gasteiger partial charge on any atom is -0.493 e. The number of hydrogen-bond donors (Lipinski definition) is 1. The molecule has 0 aliphatic carbocycles. The third kappa shape index (κ3) is 3.10. The molecule has 1 aliphatic heterocycles. The van der Waals surface area contributed by atoms with E-state index in [9.17, 15) is 9.18 Å². The molecule has 0 unspecified atom stereocenters. The van der Waals surface area contributed by atoms with Gasteiger partial charge in [0.2, 0.25) is 0 Å². The highest BCUT2D eigenvalue weighted by molar-refractivity contribution is 5.95. The van der Waals surface area contributed by atoms with Gasteiger partial charge >= 0.3 is 0 Å². The van der Waals surface area contributed by atoms with Gasteiger partial charge in [-0.15, -0.1) is 0 Å². The number of hydrogen-bond acceptors (Lipinski definition) is 4. The molecule has 0 bridgehead atoms. The summed E-state index contributed by atoms with van der Waals surface area (Å²) in [6, 6.07) is 2.53. The Balaban J connectivity index is 2.33. The zero-order chi connectivity index (χ0) is 15.4. The van der Waals surface area contributed by atoms with Gasteiger partial charge in [-0.3, -0.25) is 4.79 Å². The van der Waals surface area contributed by atoms with Gasteiger partial charge in [-0.1, -0.05) is 0 Å². The van der Waals surface area contributed by atoms with E-state index >= 15 is 0 Å². The first-order valence-electron chi connectivity index (χ1n) is 7.05. The van der Waals surface area contributed by atoms with Crippen molar-refractivity contribution in [3.05, 3.63) is 23.5 Å². The number of halogens is 1. The Kier molecular flexibility index (Phi) is 5.01. The second-order valence-corrected chi connectivity index (χ2v) is 5.07. The summed E-state index contributed by atoms with van der Waals surface area (Å²) in [5, 5.41) is 0. The molecule has 5 nitrogen and oxygen atoms in total. The van der Waals surface area contributed by atoms with E-state index in [2.05, 4.69) is 0 Å². The van der Waals surface area contributed by atoms with Crippen molar-refractivity contribution >= 4 is 5.91 Å². The van der Waals surface area contributed by atoms with Crippen molar-refractivity contribution in [2.45, 2.75) is 25.3 Å². The van der Waals surface area contributed by atoms with Gasteiger partial charge in [0.1, 0.15) is 5.82 Å². The lowest BCUT2D eigenvalue weighted by Gasteiger charge is -2.35. The van der Waals surface area contributed by atoms with Gasteiger partial charge < -0.3 is 20.1 Å². The number of carbonyl (C=O) groups is 1. The normalized spacial score (nSPS) is 18.5. The van der Waals surface area contributed by atoms with Crippen LogP contribution >= 0.6 is 0 Å². The fourth-order valence-corrected chi connectivity index (χ4v) is 2.69. The number of piperidine rings is 1. The van der Waals surface area contributed by atoms with E-state index in [0.717, 1.165) is 19.3 Å². The molecule has 1 aromatic rings. The van der Waals surface area contributed by atoms with Crippen molar-refractivity contribution in [3.8, 4) is 11.5 Å². The zero-order valence-corrected chi connectivity index (χ0v) is 12.4. The van der Waals surface area contributed by atoms with Gasteiger partial charge in [0.15, 0.2) is 11.5 Å². The third-order valence-electron chi connectivity index (χ3n) is 3.86. The molecule has 6 heteroatoms. The van der Waals surface area contributed by atoms with Crippen molar-refractivity contribution in [2.75, 3.05) is 27.3 Å². The van der Waals surface area contributed by atoms with Crippen LogP contribution in [0, 0.1) is 5.82 Å². The fraction of sp³-hybridized carbons (Fsp3) is 0.533. The molecule has 0 saturated carbocycles. The zero-order valence-electron chi connectivity index (χ0n) is 12.4. The van der Waals surface area contributed by atoms with Crippen LogP contribution in [0.25, 0.3) is 0 Å². The number of rotatable bonds is 4. The van der Waals surface area contributed by atoms with Gasteiger partial charge in [0.05, 0.1) is 19.8 Å². The molecular formula is C15H21FN2O3. The molecular weight excluding hydrogens is 275 g/mol. The molecule has 0 aromatic heterocycles. The first kappa shape index (κ1) is 15.6. The van der Waals surface area contributed by atoms with Crippen molar-refractivity contribution in [1.29, 1.82) is 0 Å². The van der Waals surface area contributed by atoms with Crippen molar-refractivity contribution in [3.63, 3.8) is 0 Å². The van der Waals surface area contributed by atoms with E-state index in [0.29, 0.717) is 18.8 Å². The predicted molar refractivity (Wildman–Crippen MR) is 77.2 cm³/mol. The van der Waals surface area contributed by atoms with E-state index in [1.807, 2.05) is 0 Å². The second kappa shape index (κ2) is 6.76. The van der Waals surface area contributed by atoms with Crippen LogP contribution < -0.4 is 15.2 Å². The largest absolute Gasteiger partial charge is 0.493 e. The molecule has 0 radical (unpaired) electrons. The Hall–Kier alpha value is -1.82. The lowest BCUT2D eigenvalue weighted by molar-refractivity contribution is 0.0618. The molecule has 1 aliphatic rings. The summed E-state index contributed by atoms with van der Waals surface area (Å²) < 4.78 is 24.3. The monoisotopic (exact) mass is 296 g/mol. The van der Waals surface area contributed by atoms with E-state index in [1.54, 1.807) is 4.90 Å². The molecule has 116 valence electrons. The molecule has 1 amide bonds. The van der Waals surface area contributed by atoms with Crippen LogP contribution in [-0.2, 0) is 0 Å². The smallest absolute Gasteiger partial charge is 0.257 e. The molecule has 1 atom stereocenters. The second-order valence-electron chi connectivity index (χ2n) is 5.07. The number of carbonyl (C=O) groups excluding carboxylic acids is 1. The Bertz CT molecular complexity index is 522. The van der Waals surface area contributed by atoms with Crippen LogP contribution in [0.1, 0.15) is 29.6 Å².